The van der Waals surface area contributed by atoms with Crippen LogP contribution in [0.1, 0.15) is 12.8 Å². The Morgan fingerprint density at radius 3 is 2.80 bits per heavy atom. The molecule has 3 saturated carbocycles. The second-order valence-electron chi connectivity index (χ2n) is 5.86. The normalized spacial score (nSPS) is 70.7. The number of ether oxygens (including phenoxy) is 2. The number of nitriles is 1. The van der Waals surface area contributed by atoms with Gasteiger partial charge in [0.2, 0.25) is 0 Å². The third-order valence-corrected chi connectivity index (χ3v) is 5.65. The van der Waals surface area contributed by atoms with Gasteiger partial charge in [0.15, 0.2) is 0 Å². The van der Waals surface area contributed by atoms with E-state index in [0.29, 0.717) is 48.1 Å². The maximum atomic E-state index is 8.93. The lowest BCUT2D eigenvalue weighted by atomic mass is 9.69. The largest absolute Gasteiger partial charge is 0.374 e. The predicted molar refractivity (Wildman–Crippen MR) is 49.6 cm³/mol. The monoisotopic (exact) mass is 203 g/mol. The van der Waals surface area contributed by atoms with Crippen LogP contribution in [0.15, 0.2) is 0 Å². The molecule has 78 valence electrons. The molecule has 6 rings (SSSR count). The molecule has 3 aliphatic carbocycles. The molecule has 0 spiro atoms. The fourth-order valence-corrected chi connectivity index (χ4v) is 5.37. The van der Waals surface area contributed by atoms with E-state index in [0.717, 1.165) is 12.3 Å². The van der Waals surface area contributed by atoms with Crippen molar-refractivity contribution in [3.63, 3.8) is 0 Å². The topological polar surface area (TPSA) is 45.5 Å². The zero-order chi connectivity index (χ0) is 9.73. The van der Waals surface area contributed by atoms with Crippen LogP contribution in [0.3, 0.4) is 0 Å². The maximum Gasteiger partial charge on any atom is 0.0902 e. The van der Waals surface area contributed by atoms with E-state index in [4.69, 9.17) is 14.7 Å². The maximum absolute atomic E-state index is 8.93. The van der Waals surface area contributed by atoms with E-state index in [2.05, 4.69) is 6.07 Å². The van der Waals surface area contributed by atoms with Crippen LogP contribution < -0.4 is 0 Å². The minimum atomic E-state index is 0.477. The van der Waals surface area contributed by atoms with Gasteiger partial charge in [-0.3, -0.25) is 0 Å². The van der Waals surface area contributed by atoms with E-state index in [1.54, 1.807) is 0 Å². The Hall–Kier alpha value is -0.590. The molecule has 3 heteroatoms. The second-order valence-corrected chi connectivity index (χ2v) is 5.86. The van der Waals surface area contributed by atoms with Crippen LogP contribution >= 0.6 is 0 Å². The third kappa shape index (κ3) is 0.636. The predicted octanol–water partition coefficient (Wildman–Crippen LogP) is 0.947. The molecule has 0 aromatic carbocycles. The van der Waals surface area contributed by atoms with Crippen LogP contribution in [0.5, 0.6) is 0 Å². The summed E-state index contributed by atoms with van der Waals surface area (Å²) >= 11 is 0. The Morgan fingerprint density at radius 1 is 1.07 bits per heavy atom. The van der Waals surface area contributed by atoms with E-state index in [9.17, 15) is 0 Å². The zero-order valence-electron chi connectivity index (χ0n) is 8.37. The van der Waals surface area contributed by atoms with Crippen molar-refractivity contribution < 1.29 is 9.47 Å². The van der Waals surface area contributed by atoms with Crippen molar-refractivity contribution in [2.45, 2.75) is 37.3 Å². The molecule has 6 fully saturated rings. The average molecular weight is 203 g/mol. The molecule has 0 unspecified atom stereocenters. The molecular weight excluding hydrogens is 190 g/mol. The highest BCUT2D eigenvalue weighted by molar-refractivity contribution is 5.25. The van der Waals surface area contributed by atoms with Gasteiger partial charge in [0.05, 0.1) is 30.5 Å². The Morgan fingerprint density at radius 2 is 1.93 bits per heavy atom. The summed E-state index contributed by atoms with van der Waals surface area (Å²) in [6, 6.07) is 2.38. The highest BCUT2D eigenvalue weighted by Gasteiger charge is 2.78. The van der Waals surface area contributed by atoms with Crippen molar-refractivity contribution in [1.82, 2.24) is 0 Å². The van der Waals surface area contributed by atoms with Gasteiger partial charge in [-0.15, -0.1) is 0 Å². The molecule has 0 aromatic heterocycles. The van der Waals surface area contributed by atoms with Gasteiger partial charge in [-0.25, -0.2) is 0 Å². The van der Waals surface area contributed by atoms with Gasteiger partial charge in [0.25, 0.3) is 0 Å². The lowest BCUT2D eigenvalue weighted by Crippen LogP contribution is -2.41. The van der Waals surface area contributed by atoms with Gasteiger partial charge in [-0.1, -0.05) is 0 Å². The molecule has 3 heterocycles. The highest BCUT2D eigenvalue weighted by Crippen LogP contribution is 2.71. The van der Waals surface area contributed by atoms with E-state index in [1.165, 1.54) is 6.42 Å². The minimum absolute atomic E-state index is 0.477. The fourth-order valence-electron chi connectivity index (χ4n) is 5.37. The quantitative estimate of drug-likeness (QED) is 0.596. The smallest absolute Gasteiger partial charge is 0.0902 e. The van der Waals surface area contributed by atoms with Crippen LogP contribution in [-0.4, -0.2) is 24.4 Å². The van der Waals surface area contributed by atoms with Crippen LogP contribution in [-0.2, 0) is 9.47 Å². The van der Waals surface area contributed by atoms with Gasteiger partial charge in [0, 0.05) is 18.3 Å². The van der Waals surface area contributed by atoms with E-state index in [1.807, 2.05) is 0 Å². The number of epoxide rings is 1. The SMILES string of the molecule is N#CC[C@@H]1[C@H]2C[C@H]3O[C@H]4[C@H]2[C@@H]2O[C@H]2[C@H]4[C@@H]13. The van der Waals surface area contributed by atoms with Crippen LogP contribution in [0.4, 0.5) is 0 Å². The highest BCUT2D eigenvalue weighted by atomic mass is 16.6. The summed E-state index contributed by atoms with van der Waals surface area (Å²) in [6.45, 7) is 0. The van der Waals surface area contributed by atoms with Crippen molar-refractivity contribution in [3.8, 4) is 6.07 Å². The molecule has 0 aromatic rings. The number of rotatable bonds is 1. The Balaban J connectivity index is 1.65. The number of nitrogens with zero attached hydrogens (tertiary/aromatic N) is 1. The first-order valence-electron chi connectivity index (χ1n) is 6.08. The molecule has 6 bridgehead atoms. The van der Waals surface area contributed by atoms with Crippen LogP contribution in [0.25, 0.3) is 0 Å². The van der Waals surface area contributed by atoms with Gasteiger partial charge < -0.3 is 9.47 Å². The van der Waals surface area contributed by atoms with Gasteiger partial charge in [-0.2, -0.15) is 5.26 Å². The Bertz CT molecular complexity index is 380. The summed E-state index contributed by atoms with van der Waals surface area (Å²) in [6.07, 6.45) is 3.97. The third-order valence-electron chi connectivity index (χ3n) is 5.65. The zero-order valence-corrected chi connectivity index (χ0v) is 8.37. The first-order chi connectivity index (χ1) is 7.40. The molecule has 0 radical (unpaired) electrons. The van der Waals surface area contributed by atoms with Crippen molar-refractivity contribution in [2.75, 3.05) is 0 Å². The van der Waals surface area contributed by atoms with Gasteiger partial charge in [0.1, 0.15) is 0 Å². The first kappa shape index (κ1) is 7.65. The fraction of sp³-hybridized carbons (Fsp3) is 0.917. The number of hydrogen-bond acceptors (Lipinski definition) is 3. The Labute approximate surface area is 88.3 Å². The summed E-state index contributed by atoms with van der Waals surface area (Å²) in [5.74, 6) is 3.33. The molecule has 0 amide bonds. The van der Waals surface area contributed by atoms with Crippen molar-refractivity contribution in [2.24, 2.45) is 29.6 Å². The number of hydrogen-bond donors (Lipinski definition) is 0. The summed E-state index contributed by atoms with van der Waals surface area (Å²) in [4.78, 5) is 0. The minimum Gasteiger partial charge on any atom is -0.374 e. The summed E-state index contributed by atoms with van der Waals surface area (Å²) < 4.78 is 11.9. The summed E-state index contributed by atoms with van der Waals surface area (Å²) in [7, 11) is 0. The summed E-state index contributed by atoms with van der Waals surface area (Å²) in [5, 5.41) is 8.93. The first-order valence-corrected chi connectivity index (χ1v) is 6.08. The molecule has 3 aliphatic heterocycles. The molecular formula is C12H13NO2. The molecule has 3 saturated heterocycles. The van der Waals surface area contributed by atoms with E-state index >= 15 is 0 Å². The van der Waals surface area contributed by atoms with Crippen molar-refractivity contribution >= 4 is 0 Å². The molecule has 0 N–H and O–H groups in total. The molecule has 3 nitrogen and oxygen atoms in total. The van der Waals surface area contributed by atoms with Crippen LogP contribution in [0.2, 0.25) is 0 Å². The lowest BCUT2D eigenvalue weighted by molar-refractivity contribution is -0.0758. The molecule has 6 aliphatic rings. The van der Waals surface area contributed by atoms with Crippen molar-refractivity contribution in [3.05, 3.63) is 0 Å². The average Bonchev–Trinajstić information content (AvgIpc) is 2.77. The standard InChI is InChI=1S/C12H13NO2/c13-2-1-4-5-3-6-7(4)9-10(14-6)8(5)11-12(9)15-11/h4-12H,1,3H2/t4-,5-,6-,7+,8+,9+,10+,11+,12+/m1/s1. The number of fused-ring (bicyclic) bond motifs is 1. The molecule has 9 atom stereocenters. The lowest BCUT2D eigenvalue weighted by Gasteiger charge is -2.38. The van der Waals surface area contributed by atoms with Gasteiger partial charge >= 0.3 is 0 Å². The Kier molecular flexibility index (Phi) is 1.07. The summed E-state index contributed by atoms with van der Waals surface area (Å²) in [5.41, 5.74) is 0. The second kappa shape index (κ2) is 2.09. The van der Waals surface area contributed by atoms with Crippen LogP contribution in [0, 0.1) is 40.9 Å². The van der Waals surface area contributed by atoms with E-state index in [-0.39, 0.29) is 0 Å². The van der Waals surface area contributed by atoms with Gasteiger partial charge in [-0.05, 0) is 24.2 Å². The molecule has 15 heavy (non-hydrogen) atoms. The van der Waals surface area contributed by atoms with Crippen molar-refractivity contribution in [1.29, 1.82) is 5.26 Å². The van der Waals surface area contributed by atoms with E-state index < -0.39 is 0 Å².